The minimum Gasteiger partial charge on any atom is -0.508 e. The molecule has 7 heteroatoms. The Labute approximate surface area is 139 Å². The summed E-state index contributed by atoms with van der Waals surface area (Å²) in [5, 5.41) is 13.7. The SMILES string of the molecule is Cc1ccc(Nc2ncnc3ccc4c(c23)CCS4(=O)=O)cc1O. The van der Waals surface area contributed by atoms with Crippen molar-refractivity contribution in [1.82, 2.24) is 9.97 Å². The smallest absolute Gasteiger partial charge is 0.179 e. The van der Waals surface area contributed by atoms with Gasteiger partial charge in [0.15, 0.2) is 9.84 Å². The van der Waals surface area contributed by atoms with E-state index in [0.717, 1.165) is 16.5 Å². The molecule has 0 fully saturated rings. The first-order valence-electron chi connectivity index (χ1n) is 7.52. The number of hydrogen-bond donors (Lipinski definition) is 2. The molecule has 4 rings (SSSR count). The molecule has 2 heterocycles. The average Bonchev–Trinajstić information content (AvgIpc) is 2.86. The Morgan fingerprint density at radius 3 is 2.79 bits per heavy atom. The number of benzene rings is 2. The maximum atomic E-state index is 12.2. The Morgan fingerprint density at radius 2 is 2.00 bits per heavy atom. The molecule has 0 saturated heterocycles. The number of aryl methyl sites for hydroxylation is 2. The minimum absolute atomic E-state index is 0.112. The number of nitrogens with one attached hydrogen (secondary N) is 1. The molecule has 0 atom stereocenters. The van der Waals surface area contributed by atoms with Crippen LogP contribution < -0.4 is 5.32 Å². The molecule has 1 aliphatic heterocycles. The predicted molar refractivity (Wildman–Crippen MR) is 91.4 cm³/mol. The van der Waals surface area contributed by atoms with Crippen LogP contribution in [-0.4, -0.2) is 29.2 Å². The number of nitrogens with zero attached hydrogens (tertiary/aromatic N) is 2. The highest BCUT2D eigenvalue weighted by Crippen LogP contribution is 2.36. The van der Waals surface area contributed by atoms with Gasteiger partial charge in [-0.3, -0.25) is 0 Å². The largest absolute Gasteiger partial charge is 0.508 e. The number of rotatable bonds is 2. The number of hydrogen-bond acceptors (Lipinski definition) is 6. The van der Waals surface area contributed by atoms with Crippen molar-refractivity contribution in [2.24, 2.45) is 0 Å². The van der Waals surface area contributed by atoms with Crippen LogP contribution in [0, 0.1) is 6.92 Å². The summed E-state index contributed by atoms with van der Waals surface area (Å²) in [6.07, 6.45) is 1.89. The van der Waals surface area contributed by atoms with Gasteiger partial charge in [0.05, 0.1) is 16.2 Å². The molecule has 1 aliphatic rings. The molecule has 1 aromatic heterocycles. The van der Waals surface area contributed by atoms with E-state index < -0.39 is 9.84 Å². The van der Waals surface area contributed by atoms with E-state index in [1.54, 1.807) is 24.3 Å². The lowest BCUT2D eigenvalue weighted by atomic mass is 10.1. The molecule has 3 aromatic rings. The Morgan fingerprint density at radius 1 is 1.17 bits per heavy atom. The van der Waals surface area contributed by atoms with Crippen LogP contribution in [-0.2, 0) is 16.3 Å². The maximum Gasteiger partial charge on any atom is 0.179 e. The van der Waals surface area contributed by atoms with Crippen LogP contribution in [0.5, 0.6) is 5.75 Å². The zero-order valence-electron chi connectivity index (χ0n) is 12.9. The molecule has 0 spiro atoms. The lowest BCUT2D eigenvalue weighted by Crippen LogP contribution is -2.00. The highest BCUT2D eigenvalue weighted by molar-refractivity contribution is 7.91. The van der Waals surface area contributed by atoms with Crippen molar-refractivity contribution in [2.75, 3.05) is 11.1 Å². The lowest BCUT2D eigenvalue weighted by Gasteiger charge is -2.12. The van der Waals surface area contributed by atoms with E-state index >= 15 is 0 Å². The van der Waals surface area contributed by atoms with Gasteiger partial charge in [-0.2, -0.15) is 0 Å². The van der Waals surface area contributed by atoms with Crippen molar-refractivity contribution in [3.8, 4) is 5.75 Å². The van der Waals surface area contributed by atoms with Gasteiger partial charge in [0.25, 0.3) is 0 Å². The van der Waals surface area contributed by atoms with Crippen LogP contribution in [0.4, 0.5) is 11.5 Å². The lowest BCUT2D eigenvalue weighted by molar-refractivity contribution is 0.471. The molecule has 24 heavy (non-hydrogen) atoms. The van der Waals surface area contributed by atoms with Gasteiger partial charge in [0, 0.05) is 17.1 Å². The van der Waals surface area contributed by atoms with Crippen LogP contribution in [0.25, 0.3) is 10.9 Å². The van der Waals surface area contributed by atoms with Gasteiger partial charge in [0.2, 0.25) is 0 Å². The first kappa shape index (κ1) is 14.9. The average molecular weight is 341 g/mol. The van der Waals surface area contributed by atoms with E-state index in [2.05, 4.69) is 15.3 Å². The van der Waals surface area contributed by atoms with Gasteiger partial charge < -0.3 is 10.4 Å². The second-order valence-electron chi connectivity index (χ2n) is 5.85. The van der Waals surface area contributed by atoms with Gasteiger partial charge in [-0.1, -0.05) is 6.07 Å². The molecule has 0 unspecified atom stereocenters. The number of aromatic hydroxyl groups is 1. The molecular weight excluding hydrogens is 326 g/mol. The van der Waals surface area contributed by atoms with Crippen molar-refractivity contribution < 1.29 is 13.5 Å². The third-order valence-electron chi connectivity index (χ3n) is 4.30. The van der Waals surface area contributed by atoms with Crippen molar-refractivity contribution >= 4 is 32.2 Å². The standard InChI is InChI=1S/C17H15N3O3S/c1-10-2-3-11(8-14(10)21)20-17-16-12-6-7-24(22,23)15(12)5-4-13(16)18-9-19-17/h2-5,8-9,21H,6-7H2,1H3,(H,18,19,20). The molecule has 122 valence electrons. The molecule has 2 aromatic carbocycles. The van der Waals surface area contributed by atoms with E-state index in [0.29, 0.717) is 28.3 Å². The third kappa shape index (κ3) is 2.28. The predicted octanol–water partition coefficient (Wildman–Crippen LogP) is 2.72. The number of sulfone groups is 1. The summed E-state index contributed by atoms with van der Waals surface area (Å²) in [4.78, 5) is 8.89. The fourth-order valence-corrected chi connectivity index (χ4v) is 4.55. The second-order valence-corrected chi connectivity index (χ2v) is 7.93. The second kappa shape index (κ2) is 5.17. The van der Waals surface area contributed by atoms with Gasteiger partial charge >= 0.3 is 0 Å². The van der Waals surface area contributed by atoms with Crippen molar-refractivity contribution in [3.05, 3.63) is 47.8 Å². The van der Waals surface area contributed by atoms with Crippen molar-refractivity contribution in [1.29, 1.82) is 0 Å². The molecule has 0 radical (unpaired) electrons. The van der Waals surface area contributed by atoms with Gasteiger partial charge in [-0.05, 0) is 42.7 Å². The minimum atomic E-state index is -3.22. The normalized spacial score (nSPS) is 15.4. The first-order valence-corrected chi connectivity index (χ1v) is 9.17. The summed E-state index contributed by atoms with van der Waals surface area (Å²) in [5.74, 6) is 0.838. The number of anilines is 2. The Hall–Kier alpha value is -2.67. The highest BCUT2D eigenvalue weighted by Gasteiger charge is 2.29. The van der Waals surface area contributed by atoms with Crippen LogP contribution >= 0.6 is 0 Å². The fourth-order valence-electron chi connectivity index (χ4n) is 3.01. The summed E-state index contributed by atoms with van der Waals surface area (Å²) in [7, 11) is -3.22. The van der Waals surface area contributed by atoms with Gasteiger partial charge in [-0.25, -0.2) is 18.4 Å². The highest BCUT2D eigenvalue weighted by atomic mass is 32.2. The number of phenols is 1. The zero-order chi connectivity index (χ0) is 16.9. The van der Waals surface area contributed by atoms with E-state index in [1.165, 1.54) is 6.33 Å². The summed E-state index contributed by atoms with van der Waals surface area (Å²) < 4.78 is 24.3. The molecule has 2 N–H and O–H groups in total. The van der Waals surface area contributed by atoms with E-state index in [-0.39, 0.29) is 11.5 Å². The summed E-state index contributed by atoms with van der Waals surface area (Å²) in [5.41, 5.74) is 2.91. The van der Waals surface area contributed by atoms with Crippen LogP contribution in [0.2, 0.25) is 0 Å². The Bertz CT molecular complexity index is 1080. The molecule has 0 bridgehead atoms. The fraction of sp³-hybridized carbons (Fsp3) is 0.176. The maximum absolute atomic E-state index is 12.2. The van der Waals surface area contributed by atoms with E-state index in [9.17, 15) is 13.5 Å². The molecule has 0 saturated carbocycles. The zero-order valence-corrected chi connectivity index (χ0v) is 13.8. The number of aromatic nitrogens is 2. The topological polar surface area (TPSA) is 92.2 Å². The third-order valence-corrected chi connectivity index (χ3v) is 6.09. The monoisotopic (exact) mass is 341 g/mol. The Balaban J connectivity index is 1.90. The van der Waals surface area contributed by atoms with E-state index in [1.807, 2.05) is 13.0 Å². The van der Waals surface area contributed by atoms with Crippen molar-refractivity contribution in [3.63, 3.8) is 0 Å². The molecule has 0 aliphatic carbocycles. The van der Waals surface area contributed by atoms with Gasteiger partial charge in [-0.15, -0.1) is 0 Å². The quantitative estimate of drug-likeness (QED) is 0.744. The number of fused-ring (bicyclic) bond motifs is 3. The summed E-state index contributed by atoms with van der Waals surface area (Å²) >= 11 is 0. The Kier molecular flexibility index (Phi) is 3.21. The molecule has 0 amide bonds. The van der Waals surface area contributed by atoms with Crippen molar-refractivity contribution in [2.45, 2.75) is 18.2 Å². The van der Waals surface area contributed by atoms with Crippen LogP contribution in [0.3, 0.4) is 0 Å². The number of phenolic OH excluding ortho intramolecular Hbond substituents is 1. The van der Waals surface area contributed by atoms with Crippen LogP contribution in [0.1, 0.15) is 11.1 Å². The van der Waals surface area contributed by atoms with Gasteiger partial charge in [0.1, 0.15) is 17.9 Å². The summed E-state index contributed by atoms with van der Waals surface area (Å²) in [6.45, 7) is 1.82. The molecule has 6 nitrogen and oxygen atoms in total. The first-order chi connectivity index (χ1) is 11.5. The van der Waals surface area contributed by atoms with Crippen LogP contribution in [0.15, 0.2) is 41.6 Å². The summed E-state index contributed by atoms with van der Waals surface area (Å²) in [6, 6.07) is 8.58. The molecular formula is C17H15N3O3S. The van der Waals surface area contributed by atoms with E-state index in [4.69, 9.17) is 0 Å².